The smallest absolute Gasteiger partial charge is 0.229 e. The molecule has 0 atom stereocenters. The Morgan fingerprint density at radius 3 is 2.47 bits per heavy atom. The van der Waals surface area contributed by atoms with E-state index in [-0.39, 0.29) is 5.91 Å². The van der Waals surface area contributed by atoms with E-state index < -0.39 is 0 Å². The summed E-state index contributed by atoms with van der Waals surface area (Å²) in [5.41, 5.74) is 2.69. The van der Waals surface area contributed by atoms with Gasteiger partial charge in [0.1, 0.15) is 11.5 Å². The van der Waals surface area contributed by atoms with Gasteiger partial charge >= 0.3 is 0 Å². The van der Waals surface area contributed by atoms with Crippen LogP contribution in [0.25, 0.3) is 0 Å². The van der Waals surface area contributed by atoms with E-state index in [0.717, 1.165) is 61.5 Å². The van der Waals surface area contributed by atoms with Gasteiger partial charge in [0.2, 0.25) is 11.9 Å². The fourth-order valence-corrected chi connectivity index (χ4v) is 5.79. The van der Waals surface area contributed by atoms with Crippen molar-refractivity contribution in [1.29, 1.82) is 0 Å². The molecule has 1 amide bonds. The number of hydrogen-bond donors (Lipinski definition) is 1. The average molecular weight is 491 g/mol. The summed E-state index contributed by atoms with van der Waals surface area (Å²) in [7, 11) is 3.96. The van der Waals surface area contributed by atoms with Gasteiger partial charge in [-0.3, -0.25) is 9.59 Å². The van der Waals surface area contributed by atoms with E-state index in [1.165, 1.54) is 12.8 Å². The van der Waals surface area contributed by atoms with Gasteiger partial charge in [-0.25, -0.2) is 4.98 Å². The highest BCUT2D eigenvalue weighted by atomic mass is 16.2. The van der Waals surface area contributed by atoms with Crippen LogP contribution in [-0.4, -0.2) is 66.3 Å². The lowest BCUT2D eigenvalue weighted by molar-refractivity contribution is -0.120. The van der Waals surface area contributed by atoms with Crippen LogP contribution < -0.4 is 15.1 Å². The fraction of sp³-hybridized carbons (Fsp3) is 0.571. The quantitative estimate of drug-likeness (QED) is 0.624. The van der Waals surface area contributed by atoms with Gasteiger partial charge in [-0.1, -0.05) is 25.0 Å². The predicted octanol–water partition coefficient (Wildman–Crippen LogP) is 4.18. The average Bonchev–Trinajstić information content (AvgIpc) is 3.37. The standard InChI is InChI=1S/C28H38N6O2/c1-32-14-11-21(12-15-32)18-24(35)17-20-7-9-22(10-8-20)30-28-29-19-25-27(31-28)34(23-5-3-4-6-23)16-13-26(36)33(25)2/h7-10,19,21,23H,3-6,11-18H2,1-2H3,(H,29,30,31). The van der Waals surface area contributed by atoms with Crippen molar-refractivity contribution in [3.05, 3.63) is 36.0 Å². The van der Waals surface area contributed by atoms with Crippen LogP contribution in [0.15, 0.2) is 30.5 Å². The zero-order chi connectivity index (χ0) is 25.1. The van der Waals surface area contributed by atoms with Crippen molar-refractivity contribution in [1.82, 2.24) is 14.9 Å². The zero-order valence-electron chi connectivity index (χ0n) is 21.6. The minimum atomic E-state index is 0.0991. The van der Waals surface area contributed by atoms with Crippen molar-refractivity contribution in [2.45, 2.75) is 63.8 Å². The molecule has 1 aromatic carbocycles. The third kappa shape index (κ3) is 5.69. The summed E-state index contributed by atoms with van der Waals surface area (Å²) < 4.78 is 0. The van der Waals surface area contributed by atoms with Crippen LogP contribution in [0, 0.1) is 5.92 Å². The van der Waals surface area contributed by atoms with Crippen LogP contribution in [0.2, 0.25) is 0 Å². The minimum Gasteiger partial charge on any atom is -0.351 e. The summed E-state index contributed by atoms with van der Waals surface area (Å²) in [6.07, 6.45) is 10.4. The molecule has 3 heterocycles. The molecule has 1 aliphatic carbocycles. The summed E-state index contributed by atoms with van der Waals surface area (Å²) in [5, 5.41) is 3.32. The summed E-state index contributed by atoms with van der Waals surface area (Å²) >= 11 is 0. The lowest BCUT2D eigenvalue weighted by Gasteiger charge is -2.30. The lowest BCUT2D eigenvalue weighted by atomic mass is 9.90. The van der Waals surface area contributed by atoms with Crippen molar-refractivity contribution < 1.29 is 9.59 Å². The predicted molar refractivity (Wildman–Crippen MR) is 143 cm³/mol. The molecule has 192 valence electrons. The summed E-state index contributed by atoms with van der Waals surface area (Å²) in [5.74, 6) is 2.31. The number of Topliss-reactive ketones (excluding diaryl/α,β-unsaturated/α-hetero) is 1. The molecule has 1 aromatic heterocycles. The number of fused-ring (bicyclic) bond motifs is 1. The Morgan fingerprint density at radius 1 is 1.03 bits per heavy atom. The van der Waals surface area contributed by atoms with Gasteiger partial charge in [0, 0.05) is 44.6 Å². The number of rotatable bonds is 7. The Kier molecular flexibility index (Phi) is 7.51. The highest BCUT2D eigenvalue weighted by Gasteiger charge is 2.31. The number of amides is 1. The second-order valence-corrected chi connectivity index (χ2v) is 10.7. The highest BCUT2D eigenvalue weighted by molar-refractivity contribution is 5.97. The SMILES string of the molecule is CN1CCC(CC(=O)Cc2ccc(Nc3ncc4c(n3)N(C3CCCC3)CCC(=O)N4C)cc2)CC1. The summed E-state index contributed by atoms with van der Waals surface area (Å²) in [6, 6.07) is 8.41. The van der Waals surface area contributed by atoms with E-state index in [1.54, 1.807) is 11.1 Å². The van der Waals surface area contributed by atoms with Crippen LogP contribution in [0.4, 0.5) is 23.1 Å². The first kappa shape index (κ1) is 24.7. The second kappa shape index (κ2) is 10.9. The normalized spacial score (nSPS) is 19.9. The molecule has 2 aromatic rings. The van der Waals surface area contributed by atoms with Gasteiger partial charge in [-0.2, -0.15) is 4.98 Å². The van der Waals surface area contributed by atoms with Crippen molar-refractivity contribution in [3.63, 3.8) is 0 Å². The van der Waals surface area contributed by atoms with Gasteiger partial charge < -0.3 is 20.0 Å². The van der Waals surface area contributed by atoms with Crippen LogP contribution in [-0.2, 0) is 16.0 Å². The van der Waals surface area contributed by atoms with Crippen LogP contribution in [0.1, 0.15) is 56.9 Å². The van der Waals surface area contributed by atoms with E-state index >= 15 is 0 Å². The van der Waals surface area contributed by atoms with E-state index in [0.29, 0.717) is 49.5 Å². The molecule has 3 aliphatic rings. The molecule has 5 rings (SSSR count). The third-order valence-corrected chi connectivity index (χ3v) is 8.06. The van der Waals surface area contributed by atoms with Crippen molar-refractivity contribution >= 4 is 34.8 Å². The van der Waals surface area contributed by atoms with Crippen LogP contribution >= 0.6 is 0 Å². The van der Waals surface area contributed by atoms with Gasteiger partial charge in [-0.15, -0.1) is 0 Å². The van der Waals surface area contributed by atoms with Crippen molar-refractivity contribution in [3.8, 4) is 0 Å². The topological polar surface area (TPSA) is 81.7 Å². The van der Waals surface area contributed by atoms with E-state index in [1.807, 2.05) is 31.3 Å². The maximum atomic E-state index is 12.6. The number of benzene rings is 1. The Labute approximate surface area is 214 Å². The van der Waals surface area contributed by atoms with Gasteiger partial charge in [0.05, 0.1) is 6.20 Å². The van der Waals surface area contributed by atoms with Gasteiger partial charge in [0.15, 0.2) is 5.82 Å². The van der Waals surface area contributed by atoms with Crippen molar-refractivity contribution in [2.24, 2.45) is 5.92 Å². The zero-order valence-corrected chi connectivity index (χ0v) is 21.6. The van der Waals surface area contributed by atoms with E-state index in [2.05, 4.69) is 27.1 Å². The van der Waals surface area contributed by atoms with Gasteiger partial charge in [-0.05, 0) is 69.4 Å². The Bertz CT molecular complexity index is 1070. The Hall–Kier alpha value is -3.00. The third-order valence-electron chi connectivity index (χ3n) is 8.06. The Balaban J connectivity index is 1.25. The molecule has 0 unspecified atom stereocenters. The molecule has 1 saturated heterocycles. The first-order chi connectivity index (χ1) is 17.5. The minimum absolute atomic E-state index is 0.0991. The molecule has 0 bridgehead atoms. The molecule has 2 fully saturated rings. The number of hydrogen-bond acceptors (Lipinski definition) is 7. The highest BCUT2D eigenvalue weighted by Crippen LogP contribution is 2.36. The van der Waals surface area contributed by atoms with Crippen LogP contribution in [0.3, 0.4) is 0 Å². The molecule has 1 saturated carbocycles. The molecule has 2 aliphatic heterocycles. The number of piperidine rings is 1. The Morgan fingerprint density at radius 2 is 1.75 bits per heavy atom. The molecule has 8 heteroatoms. The summed E-state index contributed by atoms with van der Waals surface area (Å²) in [6.45, 7) is 2.87. The second-order valence-electron chi connectivity index (χ2n) is 10.7. The monoisotopic (exact) mass is 490 g/mol. The van der Waals surface area contributed by atoms with Crippen molar-refractivity contribution in [2.75, 3.05) is 48.8 Å². The number of nitrogens with one attached hydrogen (secondary N) is 1. The number of likely N-dealkylation sites (tertiary alicyclic amines) is 1. The lowest BCUT2D eigenvalue weighted by Crippen LogP contribution is -2.34. The van der Waals surface area contributed by atoms with E-state index in [9.17, 15) is 9.59 Å². The molecule has 8 nitrogen and oxygen atoms in total. The molecular weight excluding hydrogens is 452 g/mol. The molecule has 1 N–H and O–H groups in total. The number of carbonyl (C=O) groups excluding carboxylic acids is 2. The number of ketones is 1. The van der Waals surface area contributed by atoms with Crippen LogP contribution in [0.5, 0.6) is 0 Å². The number of anilines is 4. The van der Waals surface area contributed by atoms with Gasteiger partial charge in [0.25, 0.3) is 0 Å². The molecular formula is C28H38N6O2. The molecule has 36 heavy (non-hydrogen) atoms. The molecule has 0 radical (unpaired) electrons. The first-order valence-corrected chi connectivity index (χ1v) is 13.4. The van der Waals surface area contributed by atoms with E-state index in [4.69, 9.17) is 4.98 Å². The maximum absolute atomic E-state index is 12.6. The largest absolute Gasteiger partial charge is 0.351 e. The maximum Gasteiger partial charge on any atom is 0.229 e. The first-order valence-electron chi connectivity index (χ1n) is 13.4. The fourth-order valence-electron chi connectivity index (χ4n) is 5.79. The molecule has 0 spiro atoms. The number of aromatic nitrogens is 2. The summed E-state index contributed by atoms with van der Waals surface area (Å²) in [4.78, 5) is 40.9. The number of carbonyl (C=O) groups is 2. The number of nitrogens with zero attached hydrogens (tertiary/aromatic N) is 5.